The van der Waals surface area contributed by atoms with Crippen LogP contribution in [0.3, 0.4) is 0 Å². The predicted molar refractivity (Wildman–Crippen MR) is 116 cm³/mol. The van der Waals surface area contributed by atoms with Crippen molar-refractivity contribution in [1.82, 2.24) is 15.5 Å². The van der Waals surface area contributed by atoms with Crippen LogP contribution in [-0.4, -0.2) is 56.1 Å². The molecule has 0 radical (unpaired) electrons. The van der Waals surface area contributed by atoms with Gasteiger partial charge >= 0.3 is 0 Å². The third-order valence-electron chi connectivity index (χ3n) is 4.42. The van der Waals surface area contributed by atoms with E-state index < -0.39 is 11.6 Å². The number of nitrogens with zero attached hydrogens (tertiary/aromatic N) is 2. The maximum atomic E-state index is 13.1. The third-order valence-corrected chi connectivity index (χ3v) is 4.42. The molecule has 1 heterocycles. The van der Waals surface area contributed by atoms with Crippen LogP contribution in [0.25, 0.3) is 0 Å². The summed E-state index contributed by atoms with van der Waals surface area (Å²) in [5, 5.41) is 6.48. The second-order valence-corrected chi connectivity index (χ2v) is 6.82. The largest absolute Gasteiger partial charge is 0.492 e. The first-order valence-corrected chi connectivity index (χ1v) is 9.24. The Hall–Kier alpha value is -1.65. The Bertz CT molecular complexity index is 665. The van der Waals surface area contributed by atoms with Gasteiger partial charge in [-0.1, -0.05) is 13.8 Å². The van der Waals surface area contributed by atoms with Crippen LogP contribution in [0.5, 0.6) is 5.75 Å². The van der Waals surface area contributed by atoms with Crippen molar-refractivity contribution in [2.24, 2.45) is 10.9 Å². The number of benzene rings is 1. The van der Waals surface area contributed by atoms with E-state index in [-0.39, 0.29) is 54.2 Å². The number of amides is 1. The van der Waals surface area contributed by atoms with E-state index in [0.717, 1.165) is 38.1 Å². The van der Waals surface area contributed by atoms with Gasteiger partial charge in [0.2, 0.25) is 5.91 Å². The van der Waals surface area contributed by atoms with Crippen LogP contribution < -0.4 is 15.4 Å². The fourth-order valence-corrected chi connectivity index (χ4v) is 2.90. The quantitative estimate of drug-likeness (QED) is 0.268. The molecule has 1 fully saturated rings. The number of likely N-dealkylation sites (tertiary alicyclic amines) is 1. The molecule has 1 aliphatic rings. The lowest BCUT2D eigenvalue weighted by Crippen LogP contribution is -2.50. The molecule has 6 nitrogen and oxygen atoms in total. The number of ether oxygens (including phenoxy) is 1. The molecular weight excluding hydrogens is 481 g/mol. The Kier molecular flexibility index (Phi) is 10.5. The molecular formula is C19H29F2IN4O2. The van der Waals surface area contributed by atoms with Crippen molar-refractivity contribution < 1.29 is 18.3 Å². The summed E-state index contributed by atoms with van der Waals surface area (Å²) in [5.41, 5.74) is 0. The molecule has 0 bridgehead atoms. The lowest BCUT2D eigenvalue weighted by Gasteiger charge is -2.34. The SMILES string of the molecule is CN=C(NCCOc1ccc(F)c(F)c1)NC1CCN(C(=O)C(C)C)CC1.I. The minimum atomic E-state index is -0.930. The monoisotopic (exact) mass is 510 g/mol. The van der Waals surface area contributed by atoms with Crippen LogP contribution in [0.15, 0.2) is 23.2 Å². The second-order valence-electron chi connectivity index (χ2n) is 6.82. The van der Waals surface area contributed by atoms with Gasteiger partial charge in [0.25, 0.3) is 0 Å². The summed E-state index contributed by atoms with van der Waals surface area (Å²) in [6, 6.07) is 3.70. The summed E-state index contributed by atoms with van der Waals surface area (Å²) in [4.78, 5) is 18.1. The van der Waals surface area contributed by atoms with Gasteiger partial charge in [0, 0.05) is 38.2 Å². The first-order valence-electron chi connectivity index (χ1n) is 9.24. The highest BCUT2D eigenvalue weighted by molar-refractivity contribution is 14.0. The maximum Gasteiger partial charge on any atom is 0.225 e. The summed E-state index contributed by atoms with van der Waals surface area (Å²) in [6.07, 6.45) is 1.73. The van der Waals surface area contributed by atoms with Crippen LogP contribution in [0.4, 0.5) is 8.78 Å². The topological polar surface area (TPSA) is 66.0 Å². The number of rotatable bonds is 6. The molecule has 1 aliphatic heterocycles. The van der Waals surface area contributed by atoms with Gasteiger partial charge < -0.3 is 20.3 Å². The molecule has 2 rings (SSSR count). The van der Waals surface area contributed by atoms with E-state index in [9.17, 15) is 13.6 Å². The smallest absolute Gasteiger partial charge is 0.225 e. The minimum absolute atomic E-state index is 0. The Morgan fingerprint density at radius 2 is 1.96 bits per heavy atom. The van der Waals surface area contributed by atoms with Crippen molar-refractivity contribution >= 4 is 35.8 Å². The number of halogens is 3. The van der Waals surface area contributed by atoms with Crippen LogP contribution in [0.1, 0.15) is 26.7 Å². The molecule has 0 aromatic heterocycles. The lowest BCUT2D eigenvalue weighted by atomic mass is 10.0. The highest BCUT2D eigenvalue weighted by Gasteiger charge is 2.24. The summed E-state index contributed by atoms with van der Waals surface area (Å²) >= 11 is 0. The number of aliphatic imine (C=N–C) groups is 1. The molecule has 1 aromatic carbocycles. The number of piperidine rings is 1. The number of carbonyl (C=O) groups is 1. The van der Waals surface area contributed by atoms with Gasteiger partial charge in [-0.25, -0.2) is 8.78 Å². The molecule has 1 aromatic rings. The van der Waals surface area contributed by atoms with E-state index in [4.69, 9.17) is 4.74 Å². The Morgan fingerprint density at radius 1 is 1.29 bits per heavy atom. The third kappa shape index (κ3) is 7.40. The summed E-state index contributed by atoms with van der Waals surface area (Å²) in [7, 11) is 1.68. The molecule has 0 spiro atoms. The van der Waals surface area contributed by atoms with Crippen molar-refractivity contribution in [3.8, 4) is 5.75 Å². The minimum Gasteiger partial charge on any atom is -0.492 e. The fraction of sp³-hybridized carbons (Fsp3) is 0.579. The highest BCUT2D eigenvalue weighted by atomic mass is 127. The van der Waals surface area contributed by atoms with Crippen molar-refractivity contribution in [2.75, 3.05) is 33.3 Å². The summed E-state index contributed by atoms with van der Waals surface area (Å²) in [5.74, 6) is -0.673. The van der Waals surface area contributed by atoms with E-state index in [1.54, 1.807) is 7.05 Å². The van der Waals surface area contributed by atoms with Gasteiger partial charge in [0.05, 0.1) is 6.54 Å². The second kappa shape index (κ2) is 12.0. The van der Waals surface area contributed by atoms with Gasteiger partial charge in [-0.15, -0.1) is 24.0 Å². The Morgan fingerprint density at radius 3 is 2.54 bits per heavy atom. The van der Waals surface area contributed by atoms with Crippen LogP contribution in [0.2, 0.25) is 0 Å². The molecule has 1 amide bonds. The molecule has 0 atom stereocenters. The van der Waals surface area contributed by atoms with Crippen molar-refractivity contribution in [2.45, 2.75) is 32.7 Å². The molecule has 9 heteroatoms. The maximum absolute atomic E-state index is 13.1. The fourth-order valence-electron chi connectivity index (χ4n) is 2.90. The zero-order chi connectivity index (χ0) is 19.8. The zero-order valence-electron chi connectivity index (χ0n) is 16.5. The van der Waals surface area contributed by atoms with Gasteiger partial charge in [-0.2, -0.15) is 0 Å². The van der Waals surface area contributed by atoms with E-state index in [1.807, 2.05) is 18.7 Å². The van der Waals surface area contributed by atoms with Gasteiger partial charge in [-0.3, -0.25) is 9.79 Å². The number of nitrogens with one attached hydrogen (secondary N) is 2. The molecule has 2 N–H and O–H groups in total. The standard InChI is InChI=1S/C19H28F2N4O2.HI/c1-13(2)18(26)25-9-6-14(7-10-25)24-19(22-3)23-8-11-27-15-4-5-16(20)17(21)12-15;/h4-5,12-14H,6-11H2,1-3H3,(H2,22,23,24);1H. The number of guanidine groups is 1. The van der Waals surface area contributed by atoms with E-state index in [0.29, 0.717) is 12.5 Å². The average Bonchev–Trinajstić information content (AvgIpc) is 2.66. The van der Waals surface area contributed by atoms with E-state index in [1.165, 1.54) is 6.07 Å². The van der Waals surface area contributed by atoms with Gasteiger partial charge in [0.15, 0.2) is 17.6 Å². The van der Waals surface area contributed by atoms with Crippen LogP contribution in [0, 0.1) is 17.6 Å². The van der Waals surface area contributed by atoms with E-state index >= 15 is 0 Å². The normalized spacial score (nSPS) is 15.2. The zero-order valence-corrected chi connectivity index (χ0v) is 18.8. The van der Waals surface area contributed by atoms with Crippen molar-refractivity contribution in [1.29, 1.82) is 0 Å². The van der Waals surface area contributed by atoms with Gasteiger partial charge in [0.1, 0.15) is 12.4 Å². The molecule has 1 saturated heterocycles. The van der Waals surface area contributed by atoms with E-state index in [2.05, 4.69) is 15.6 Å². The molecule has 28 heavy (non-hydrogen) atoms. The summed E-state index contributed by atoms with van der Waals surface area (Å²) in [6.45, 7) is 6.06. The van der Waals surface area contributed by atoms with Crippen molar-refractivity contribution in [3.63, 3.8) is 0 Å². The summed E-state index contributed by atoms with van der Waals surface area (Å²) < 4.78 is 31.4. The van der Waals surface area contributed by atoms with Crippen molar-refractivity contribution in [3.05, 3.63) is 29.8 Å². The first-order chi connectivity index (χ1) is 12.9. The average molecular weight is 510 g/mol. The van der Waals surface area contributed by atoms with Crippen LogP contribution in [-0.2, 0) is 4.79 Å². The lowest BCUT2D eigenvalue weighted by molar-refractivity contribution is -0.135. The predicted octanol–water partition coefficient (Wildman–Crippen LogP) is 2.77. The molecule has 0 saturated carbocycles. The van der Waals surface area contributed by atoms with Gasteiger partial charge in [-0.05, 0) is 25.0 Å². The Balaban J connectivity index is 0.00000392. The Labute approximate surface area is 182 Å². The molecule has 158 valence electrons. The van der Waals surface area contributed by atoms with Crippen LogP contribution >= 0.6 is 24.0 Å². The number of hydrogen-bond donors (Lipinski definition) is 2. The number of hydrogen-bond acceptors (Lipinski definition) is 3. The first kappa shape index (κ1) is 24.4. The number of carbonyl (C=O) groups excluding carboxylic acids is 1. The molecule has 0 unspecified atom stereocenters. The highest BCUT2D eigenvalue weighted by Crippen LogP contribution is 2.15. The molecule has 0 aliphatic carbocycles.